The minimum absolute atomic E-state index is 0.466. The molecule has 0 aromatic rings. The van der Waals surface area contributed by atoms with Crippen molar-refractivity contribution in [3.63, 3.8) is 0 Å². The second-order valence-corrected chi connectivity index (χ2v) is 6.38. The molecule has 0 spiro atoms. The molecule has 0 radical (unpaired) electrons. The van der Waals surface area contributed by atoms with Crippen molar-refractivity contribution in [2.75, 3.05) is 13.2 Å². The van der Waals surface area contributed by atoms with E-state index in [0.29, 0.717) is 12.1 Å². The zero-order valence-corrected chi connectivity index (χ0v) is 14.0. The summed E-state index contributed by atoms with van der Waals surface area (Å²) in [7, 11) is 0. The molecule has 2 atom stereocenters. The quantitative estimate of drug-likeness (QED) is 0.566. The van der Waals surface area contributed by atoms with Gasteiger partial charge in [0.25, 0.3) is 0 Å². The topological polar surface area (TPSA) is 21.3 Å². The summed E-state index contributed by atoms with van der Waals surface area (Å²) in [6, 6.07) is 0.603. The van der Waals surface area contributed by atoms with E-state index in [4.69, 9.17) is 4.74 Å². The van der Waals surface area contributed by atoms with Gasteiger partial charge in [0.15, 0.2) is 0 Å². The van der Waals surface area contributed by atoms with Crippen molar-refractivity contribution >= 4 is 0 Å². The Bertz CT molecular complexity index is 206. The highest BCUT2D eigenvalue weighted by Crippen LogP contribution is 2.20. The number of nitrogens with one attached hydrogen (secondary N) is 1. The third-order valence-electron chi connectivity index (χ3n) is 4.44. The SMILES string of the molecule is CCCCCCCOC1CCCCCCC1NCCC. The maximum Gasteiger partial charge on any atom is 0.0728 e. The van der Waals surface area contributed by atoms with Gasteiger partial charge < -0.3 is 10.1 Å². The number of ether oxygens (including phenoxy) is 1. The first-order valence-corrected chi connectivity index (χ1v) is 9.23. The van der Waals surface area contributed by atoms with Crippen LogP contribution in [0.1, 0.15) is 90.9 Å². The summed E-state index contributed by atoms with van der Waals surface area (Å²) in [5.41, 5.74) is 0. The zero-order valence-electron chi connectivity index (χ0n) is 14.0. The summed E-state index contributed by atoms with van der Waals surface area (Å²) in [5.74, 6) is 0. The van der Waals surface area contributed by atoms with Crippen molar-refractivity contribution in [1.29, 1.82) is 0 Å². The van der Waals surface area contributed by atoms with Crippen LogP contribution in [0.3, 0.4) is 0 Å². The fourth-order valence-corrected chi connectivity index (χ4v) is 3.15. The molecular formula is C18H37NO. The third kappa shape index (κ3) is 8.26. The van der Waals surface area contributed by atoms with Gasteiger partial charge in [-0.15, -0.1) is 0 Å². The highest BCUT2D eigenvalue weighted by Gasteiger charge is 2.22. The van der Waals surface area contributed by atoms with Crippen LogP contribution in [0, 0.1) is 0 Å². The number of unbranched alkanes of at least 4 members (excludes halogenated alkanes) is 4. The van der Waals surface area contributed by atoms with Crippen LogP contribution in [0.4, 0.5) is 0 Å². The third-order valence-corrected chi connectivity index (χ3v) is 4.44. The van der Waals surface area contributed by atoms with Gasteiger partial charge in [0.1, 0.15) is 0 Å². The van der Waals surface area contributed by atoms with Gasteiger partial charge in [-0.2, -0.15) is 0 Å². The molecule has 2 nitrogen and oxygen atoms in total. The van der Waals surface area contributed by atoms with Crippen LogP contribution in [0.15, 0.2) is 0 Å². The molecule has 0 amide bonds. The second kappa shape index (κ2) is 12.6. The maximum atomic E-state index is 6.25. The summed E-state index contributed by atoms with van der Waals surface area (Å²) in [6.45, 7) is 6.63. The van der Waals surface area contributed by atoms with E-state index in [1.165, 1.54) is 77.0 Å². The van der Waals surface area contributed by atoms with Crippen LogP contribution in [0.5, 0.6) is 0 Å². The first-order valence-electron chi connectivity index (χ1n) is 9.23. The predicted octanol–water partition coefficient (Wildman–Crippen LogP) is 5.06. The second-order valence-electron chi connectivity index (χ2n) is 6.38. The largest absolute Gasteiger partial charge is 0.377 e. The van der Waals surface area contributed by atoms with Gasteiger partial charge in [-0.3, -0.25) is 0 Å². The number of hydrogen-bond donors (Lipinski definition) is 1. The first-order chi connectivity index (χ1) is 9.88. The van der Waals surface area contributed by atoms with Gasteiger partial charge in [0.2, 0.25) is 0 Å². The fraction of sp³-hybridized carbons (Fsp3) is 1.00. The van der Waals surface area contributed by atoms with Crippen molar-refractivity contribution in [2.24, 2.45) is 0 Å². The first kappa shape index (κ1) is 18.0. The lowest BCUT2D eigenvalue weighted by Gasteiger charge is -2.30. The van der Waals surface area contributed by atoms with Crippen LogP contribution in [0.25, 0.3) is 0 Å². The van der Waals surface area contributed by atoms with Crippen molar-refractivity contribution in [2.45, 2.75) is 103 Å². The lowest BCUT2D eigenvalue weighted by Crippen LogP contribution is -2.42. The van der Waals surface area contributed by atoms with Gasteiger partial charge >= 0.3 is 0 Å². The molecule has 1 aliphatic rings. The Labute approximate surface area is 127 Å². The highest BCUT2D eigenvalue weighted by atomic mass is 16.5. The van der Waals surface area contributed by atoms with Gasteiger partial charge in [0.05, 0.1) is 6.10 Å². The molecule has 1 aliphatic carbocycles. The normalized spacial score (nSPS) is 24.3. The van der Waals surface area contributed by atoms with Crippen LogP contribution >= 0.6 is 0 Å². The fourth-order valence-electron chi connectivity index (χ4n) is 3.15. The summed E-state index contributed by atoms with van der Waals surface area (Å²) >= 11 is 0. The molecule has 1 fully saturated rings. The van der Waals surface area contributed by atoms with E-state index in [1.54, 1.807) is 0 Å². The standard InChI is InChI=1S/C18H37NO/c1-3-5-6-9-12-16-20-18-14-11-8-7-10-13-17(18)19-15-4-2/h17-19H,3-16H2,1-2H3. The molecule has 0 aromatic heterocycles. The molecule has 2 heteroatoms. The molecule has 0 bridgehead atoms. The van der Waals surface area contributed by atoms with Crippen LogP contribution in [-0.2, 0) is 4.74 Å². The highest BCUT2D eigenvalue weighted by molar-refractivity contribution is 4.79. The summed E-state index contributed by atoms with van der Waals surface area (Å²) in [6.07, 6.45) is 16.5. The van der Waals surface area contributed by atoms with E-state index in [-0.39, 0.29) is 0 Å². The van der Waals surface area contributed by atoms with Gasteiger partial charge in [-0.05, 0) is 32.2 Å². The Morgan fingerprint density at radius 2 is 1.60 bits per heavy atom. The Morgan fingerprint density at radius 1 is 0.850 bits per heavy atom. The molecule has 2 unspecified atom stereocenters. The van der Waals surface area contributed by atoms with Crippen LogP contribution in [0.2, 0.25) is 0 Å². The van der Waals surface area contributed by atoms with Crippen LogP contribution in [-0.4, -0.2) is 25.3 Å². The predicted molar refractivity (Wildman–Crippen MR) is 88.3 cm³/mol. The Kier molecular flexibility index (Phi) is 11.4. The van der Waals surface area contributed by atoms with Crippen molar-refractivity contribution in [1.82, 2.24) is 5.32 Å². The van der Waals surface area contributed by atoms with Gasteiger partial charge in [0, 0.05) is 12.6 Å². The molecule has 1 saturated carbocycles. The monoisotopic (exact) mass is 283 g/mol. The average molecular weight is 284 g/mol. The van der Waals surface area contributed by atoms with E-state index in [2.05, 4.69) is 19.2 Å². The van der Waals surface area contributed by atoms with Crippen LogP contribution < -0.4 is 5.32 Å². The van der Waals surface area contributed by atoms with Gasteiger partial charge in [-0.25, -0.2) is 0 Å². The molecule has 20 heavy (non-hydrogen) atoms. The minimum Gasteiger partial charge on any atom is -0.377 e. The van der Waals surface area contributed by atoms with Crippen molar-refractivity contribution < 1.29 is 4.74 Å². The molecule has 0 aliphatic heterocycles. The molecular weight excluding hydrogens is 246 g/mol. The van der Waals surface area contributed by atoms with E-state index in [0.717, 1.165) is 13.2 Å². The minimum atomic E-state index is 0.466. The summed E-state index contributed by atoms with van der Waals surface area (Å²) in [5, 5.41) is 3.73. The Hall–Kier alpha value is -0.0800. The molecule has 0 saturated heterocycles. The number of hydrogen-bond acceptors (Lipinski definition) is 2. The molecule has 1 N–H and O–H groups in total. The Morgan fingerprint density at radius 3 is 2.35 bits per heavy atom. The summed E-state index contributed by atoms with van der Waals surface area (Å²) < 4.78 is 6.25. The number of rotatable bonds is 10. The smallest absolute Gasteiger partial charge is 0.0728 e. The van der Waals surface area contributed by atoms with E-state index < -0.39 is 0 Å². The lowest BCUT2D eigenvalue weighted by molar-refractivity contribution is 0.0115. The van der Waals surface area contributed by atoms with Crippen molar-refractivity contribution in [3.8, 4) is 0 Å². The lowest BCUT2D eigenvalue weighted by atomic mass is 9.94. The van der Waals surface area contributed by atoms with E-state index in [1.807, 2.05) is 0 Å². The molecule has 120 valence electrons. The molecule has 1 rings (SSSR count). The summed E-state index contributed by atoms with van der Waals surface area (Å²) in [4.78, 5) is 0. The van der Waals surface area contributed by atoms with Crippen molar-refractivity contribution in [3.05, 3.63) is 0 Å². The Balaban J connectivity index is 2.23. The molecule has 0 heterocycles. The van der Waals surface area contributed by atoms with E-state index >= 15 is 0 Å². The average Bonchev–Trinajstić information content (AvgIpc) is 2.44. The van der Waals surface area contributed by atoms with Gasteiger partial charge in [-0.1, -0.05) is 65.2 Å². The van der Waals surface area contributed by atoms with E-state index in [9.17, 15) is 0 Å². The zero-order chi connectivity index (χ0) is 14.5. The maximum absolute atomic E-state index is 6.25. The molecule has 0 aromatic carbocycles.